The minimum Gasteiger partial charge on any atom is -0.492 e. The number of carbonyl (C=O) groups excluding carboxylic acids is 1. The molecule has 0 saturated carbocycles. The Labute approximate surface area is 194 Å². The van der Waals surface area contributed by atoms with Crippen molar-refractivity contribution < 1.29 is 19.0 Å². The van der Waals surface area contributed by atoms with Gasteiger partial charge < -0.3 is 14.2 Å². The van der Waals surface area contributed by atoms with Crippen LogP contribution in [0.5, 0.6) is 17.2 Å². The van der Waals surface area contributed by atoms with Crippen LogP contribution in [0.4, 0.5) is 0 Å². The van der Waals surface area contributed by atoms with Crippen LogP contribution in [0.15, 0.2) is 60.7 Å². The highest BCUT2D eigenvalue weighted by molar-refractivity contribution is 5.97. The first-order valence-electron chi connectivity index (χ1n) is 11.2. The fourth-order valence-electron chi connectivity index (χ4n) is 4.61. The number of ether oxygens (including phenoxy) is 3. The molecule has 5 nitrogen and oxygen atoms in total. The Balaban J connectivity index is 1.37. The van der Waals surface area contributed by atoms with Crippen LogP contribution in [-0.2, 0) is 6.42 Å². The Morgan fingerprint density at radius 3 is 2.52 bits per heavy atom. The van der Waals surface area contributed by atoms with Gasteiger partial charge in [-0.1, -0.05) is 66.7 Å². The van der Waals surface area contributed by atoms with Crippen LogP contribution in [0, 0.1) is 0 Å². The number of Topliss-reactive ketones (excluding diaryl/α,β-unsaturated/α-hetero) is 1. The number of rotatable bonds is 6. The van der Waals surface area contributed by atoms with Crippen LogP contribution in [0.25, 0.3) is 12.2 Å². The lowest BCUT2D eigenvalue weighted by Crippen LogP contribution is -2.34. The highest BCUT2D eigenvalue weighted by atomic mass is 16.7. The molecular weight excluding hydrogens is 414 g/mol. The first kappa shape index (κ1) is 21.3. The van der Waals surface area contributed by atoms with Crippen LogP contribution in [-0.4, -0.2) is 38.2 Å². The number of likely N-dealkylation sites (N-methyl/N-ethyl adjacent to an activating group) is 1. The average molecular weight is 442 g/mol. The minimum atomic E-state index is -0.0802. The number of fused-ring (bicyclic) bond motifs is 2. The lowest BCUT2D eigenvalue weighted by Gasteiger charge is -2.35. The summed E-state index contributed by atoms with van der Waals surface area (Å²) in [6.45, 7) is 1.07. The molecule has 2 aliphatic heterocycles. The standard InChI is InChI=1S/C28H27NO4/c1-29-15-14-22-16-25-27(33-18-32-25)28(31-2)26(22)23(29)17-24(30)21-12-10-20(11-13-21)9-8-19-6-4-3-5-7-19/h3-13,16,23H,14-15,17-18H2,1-2H3/b9-8+. The van der Waals surface area contributed by atoms with Gasteiger partial charge in [-0.05, 0) is 36.2 Å². The van der Waals surface area contributed by atoms with Crippen LogP contribution >= 0.6 is 0 Å². The summed E-state index contributed by atoms with van der Waals surface area (Å²) < 4.78 is 17.0. The maximum Gasteiger partial charge on any atom is 0.231 e. The molecule has 2 aliphatic rings. The van der Waals surface area contributed by atoms with Crippen LogP contribution in [0.2, 0.25) is 0 Å². The number of hydrogen-bond donors (Lipinski definition) is 0. The van der Waals surface area contributed by atoms with Crippen molar-refractivity contribution >= 4 is 17.9 Å². The monoisotopic (exact) mass is 441 g/mol. The van der Waals surface area contributed by atoms with E-state index in [1.165, 1.54) is 0 Å². The second-order valence-corrected chi connectivity index (χ2v) is 8.46. The van der Waals surface area contributed by atoms with E-state index >= 15 is 0 Å². The largest absolute Gasteiger partial charge is 0.492 e. The molecule has 1 unspecified atom stereocenters. The molecule has 0 bridgehead atoms. The fraction of sp³-hybridized carbons (Fsp3) is 0.250. The molecule has 0 aliphatic carbocycles. The van der Waals surface area contributed by atoms with E-state index in [0.29, 0.717) is 23.5 Å². The molecule has 2 heterocycles. The maximum atomic E-state index is 13.3. The smallest absolute Gasteiger partial charge is 0.231 e. The predicted molar refractivity (Wildman–Crippen MR) is 129 cm³/mol. The lowest BCUT2D eigenvalue weighted by molar-refractivity contribution is 0.0925. The summed E-state index contributed by atoms with van der Waals surface area (Å²) in [5.74, 6) is 2.15. The Morgan fingerprint density at radius 2 is 1.79 bits per heavy atom. The van der Waals surface area contributed by atoms with E-state index in [2.05, 4.69) is 36.2 Å². The molecule has 1 atom stereocenters. The van der Waals surface area contributed by atoms with Crippen molar-refractivity contribution in [1.29, 1.82) is 0 Å². The highest BCUT2D eigenvalue weighted by Crippen LogP contribution is 2.50. The van der Waals surface area contributed by atoms with Gasteiger partial charge in [-0.25, -0.2) is 0 Å². The number of nitrogens with zero attached hydrogens (tertiary/aromatic N) is 1. The molecule has 168 valence electrons. The molecule has 0 N–H and O–H groups in total. The molecule has 0 spiro atoms. The first-order valence-corrected chi connectivity index (χ1v) is 11.2. The topological polar surface area (TPSA) is 48.0 Å². The molecular formula is C28H27NO4. The van der Waals surface area contributed by atoms with E-state index in [1.54, 1.807) is 7.11 Å². The van der Waals surface area contributed by atoms with Gasteiger partial charge in [0.1, 0.15) is 0 Å². The number of hydrogen-bond acceptors (Lipinski definition) is 5. The Bertz CT molecular complexity index is 1180. The molecule has 0 fully saturated rings. The number of carbonyl (C=O) groups is 1. The van der Waals surface area contributed by atoms with Crippen molar-refractivity contribution in [3.05, 3.63) is 88.5 Å². The number of benzene rings is 3. The van der Waals surface area contributed by atoms with Crippen LogP contribution in [0.3, 0.4) is 0 Å². The van der Waals surface area contributed by atoms with Crippen molar-refractivity contribution in [1.82, 2.24) is 4.90 Å². The summed E-state index contributed by atoms with van der Waals surface area (Å²) in [6.07, 6.45) is 5.38. The Hall–Kier alpha value is -3.57. The zero-order valence-corrected chi connectivity index (χ0v) is 18.9. The lowest BCUT2D eigenvalue weighted by atomic mass is 9.87. The summed E-state index contributed by atoms with van der Waals surface area (Å²) in [7, 11) is 3.70. The van der Waals surface area contributed by atoms with Gasteiger partial charge in [-0.3, -0.25) is 9.69 Å². The summed E-state index contributed by atoms with van der Waals surface area (Å²) in [5.41, 5.74) is 5.11. The van der Waals surface area contributed by atoms with Gasteiger partial charge in [0.25, 0.3) is 0 Å². The van der Waals surface area contributed by atoms with Crippen LogP contribution < -0.4 is 14.2 Å². The maximum absolute atomic E-state index is 13.3. The average Bonchev–Trinajstić information content (AvgIpc) is 3.32. The third-order valence-corrected chi connectivity index (χ3v) is 6.43. The predicted octanol–water partition coefficient (Wildman–Crippen LogP) is 5.40. The summed E-state index contributed by atoms with van der Waals surface area (Å²) in [5, 5.41) is 0. The second-order valence-electron chi connectivity index (χ2n) is 8.46. The van der Waals surface area contributed by atoms with Crippen molar-refractivity contribution in [2.75, 3.05) is 27.5 Å². The van der Waals surface area contributed by atoms with Crippen molar-refractivity contribution in [3.8, 4) is 17.2 Å². The Morgan fingerprint density at radius 1 is 1.06 bits per heavy atom. The van der Waals surface area contributed by atoms with Gasteiger partial charge in [0, 0.05) is 30.1 Å². The van der Waals surface area contributed by atoms with E-state index in [0.717, 1.165) is 41.0 Å². The molecule has 5 heteroatoms. The second kappa shape index (κ2) is 9.12. The quantitative estimate of drug-likeness (QED) is 0.379. The van der Waals surface area contributed by atoms with E-state index in [4.69, 9.17) is 14.2 Å². The highest BCUT2D eigenvalue weighted by Gasteiger charge is 2.35. The molecule has 5 rings (SSSR count). The molecule has 0 saturated heterocycles. The van der Waals surface area contributed by atoms with Gasteiger partial charge in [0.15, 0.2) is 17.3 Å². The third kappa shape index (κ3) is 4.24. The van der Waals surface area contributed by atoms with Gasteiger partial charge >= 0.3 is 0 Å². The van der Waals surface area contributed by atoms with E-state index in [9.17, 15) is 4.79 Å². The van der Waals surface area contributed by atoms with Crippen molar-refractivity contribution in [2.24, 2.45) is 0 Å². The zero-order chi connectivity index (χ0) is 22.8. The zero-order valence-electron chi connectivity index (χ0n) is 18.9. The van der Waals surface area contributed by atoms with Crippen molar-refractivity contribution in [3.63, 3.8) is 0 Å². The van der Waals surface area contributed by atoms with Crippen LogP contribution in [0.1, 0.15) is 45.1 Å². The Kier molecular flexibility index (Phi) is 5.88. The normalized spacial score (nSPS) is 17.2. The molecule has 0 aromatic heterocycles. The molecule has 0 amide bonds. The summed E-state index contributed by atoms with van der Waals surface area (Å²) in [4.78, 5) is 15.5. The first-order chi connectivity index (χ1) is 16.1. The number of ketones is 1. The van der Waals surface area contributed by atoms with Crippen molar-refractivity contribution in [2.45, 2.75) is 18.9 Å². The van der Waals surface area contributed by atoms with Gasteiger partial charge in [0.05, 0.1) is 7.11 Å². The van der Waals surface area contributed by atoms with Gasteiger partial charge in [0.2, 0.25) is 12.5 Å². The molecule has 3 aromatic carbocycles. The SMILES string of the molecule is COc1c2c(cc3c1C(CC(=O)c1ccc(/C=C/c4ccccc4)cc1)N(C)CC3)OCO2. The molecule has 33 heavy (non-hydrogen) atoms. The summed E-state index contributed by atoms with van der Waals surface area (Å²) >= 11 is 0. The van der Waals surface area contributed by atoms with E-state index < -0.39 is 0 Å². The summed E-state index contributed by atoms with van der Waals surface area (Å²) in [6, 6.07) is 19.9. The van der Waals surface area contributed by atoms with Gasteiger partial charge in [-0.2, -0.15) is 0 Å². The molecule has 3 aromatic rings. The number of methoxy groups -OCH3 is 1. The van der Waals surface area contributed by atoms with Gasteiger partial charge in [-0.15, -0.1) is 0 Å². The minimum absolute atomic E-state index is 0.0802. The fourth-order valence-corrected chi connectivity index (χ4v) is 4.61. The third-order valence-electron chi connectivity index (χ3n) is 6.43. The molecule has 0 radical (unpaired) electrons. The van der Waals surface area contributed by atoms with E-state index in [-0.39, 0.29) is 18.6 Å². The van der Waals surface area contributed by atoms with E-state index in [1.807, 2.05) is 48.5 Å².